The van der Waals surface area contributed by atoms with Gasteiger partial charge in [0.25, 0.3) is 0 Å². The third kappa shape index (κ3) is 6.05. The molecule has 0 bridgehead atoms. The summed E-state index contributed by atoms with van der Waals surface area (Å²) in [6.45, 7) is 5.42. The van der Waals surface area contributed by atoms with E-state index in [0.29, 0.717) is 23.4 Å². The number of hydrogen-bond donors (Lipinski definition) is 2. The smallest absolute Gasteiger partial charge is 0.327 e. The van der Waals surface area contributed by atoms with E-state index in [1.54, 1.807) is 0 Å². The lowest BCUT2D eigenvalue weighted by molar-refractivity contribution is -0.140. The van der Waals surface area contributed by atoms with Crippen LogP contribution in [0.4, 0.5) is 0 Å². The molecule has 1 aromatic rings. The van der Waals surface area contributed by atoms with E-state index in [9.17, 15) is 9.59 Å². The first-order chi connectivity index (χ1) is 9.38. The molecule has 1 heterocycles. The highest BCUT2D eigenvalue weighted by Crippen LogP contribution is 2.13. The molecule has 20 heavy (non-hydrogen) atoms. The predicted molar refractivity (Wildman–Crippen MR) is 74.2 cm³/mol. The maximum atomic E-state index is 10.9. The lowest BCUT2D eigenvalue weighted by Crippen LogP contribution is -2.41. The van der Waals surface area contributed by atoms with Gasteiger partial charge >= 0.3 is 5.97 Å². The zero-order chi connectivity index (χ0) is 15.1. The van der Waals surface area contributed by atoms with Crippen molar-refractivity contribution in [1.29, 1.82) is 0 Å². The van der Waals surface area contributed by atoms with Gasteiger partial charge in [-0.1, -0.05) is 19.0 Å². The van der Waals surface area contributed by atoms with Gasteiger partial charge in [-0.05, 0) is 5.92 Å². The molecule has 0 fully saturated rings. The van der Waals surface area contributed by atoms with Gasteiger partial charge in [-0.3, -0.25) is 4.79 Å². The second-order valence-electron chi connectivity index (χ2n) is 4.81. The highest BCUT2D eigenvalue weighted by atomic mass is 32.2. The second kappa shape index (κ2) is 7.88. The van der Waals surface area contributed by atoms with Gasteiger partial charge in [-0.25, -0.2) is 4.79 Å². The molecular weight excluding hydrogens is 282 g/mol. The van der Waals surface area contributed by atoms with Gasteiger partial charge in [-0.15, -0.1) is 11.8 Å². The zero-order valence-electron chi connectivity index (χ0n) is 11.8. The highest BCUT2D eigenvalue weighted by Gasteiger charge is 2.18. The van der Waals surface area contributed by atoms with Crippen molar-refractivity contribution in [3.63, 3.8) is 0 Å². The quantitative estimate of drug-likeness (QED) is 0.740. The third-order valence-corrected chi connectivity index (χ3v) is 3.31. The number of thioether (sulfide) groups is 1. The van der Waals surface area contributed by atoms with Crippen LogP contribution in [-0.4, -0.2) is 38.9 Å². The van der Waals surface area contributed by atoms with Crippen molar-refractivity contribution in [3.8, 4) is 0 Å². The Labute approximate surface area is 121 Å². The fourth-order valence-electron chi connectivity index (χ4n) is 1.48. The Morgan fingerprint density at radius 2 is 2.15 bits per heavy atom. The maximum Gasteiger partial charge on any atom is 0.327 e. The maximum absolute atomic E-state index is 10.9. The molecule has 1 atom stereocenters. The van der Waals surface area contributed by atoms with Crippen LogP contribution in [0.5, 0.6) is 0 Å². The van der Waals surface area contributed by atoms with Gasteiger partial charge in [0.1, 0.15) is 6.04 Å². The minimum absolute atomic E-state index is 0.247. The van der Waals surface area contributed by atoms with Gasteiger partial charge < -0.3 is 14.9 Å². The number of carbonyl (C=O) groups is 2. The lowest BCUT2D eigenvalue weighted by atomic mass is 10.1. The molecule has 2 N–H and O–H groups in total. The highest BCUT2D eigenvalue weighted by molar-refractivity contribution is 7.98. The average molecular weight is 301 g/mol. The molecule has 0 aliphatic heterocycles. The molecule has 0 aromatic carbocycles. The zero-order valence-corrected chi connectivity index (χ0v) is 12.6. The van der Waals surface area contributed by atoms with Crippen LogP contribution < -0.4 is 5.32 Å². The van der Waals surface area contributed by atoms with E-state index in [1.807, 2.05) is 0 Å². The minimum atomic E-state index is -1.06. The number of hydrogen-bond acceptors (Lipinski definition) is 6. The van der Waals surface area contributed by atoms with Crippen LogP contribution in [-0.2, 0) is 21.8 Å². The number of carbonyl (C=O) groups excluding carboxylic acids is 1. The Morgan fingerprint density at radius 1 is 1.45 bits per heavy atom. The van der Waals surface area contributed by atoms with Crippen molar-refractivity contribution in [2.75, 3.05) is 5.75 Å². The first kappa shape index (κ1) is 16.5. The molecule has 0 spiro atoms. The van der Waals surface area contributed by atoms with Gasteiger partial charge in [0.15, 0.2) is 5.82 Å². The number of rotatable bonds is 8. The number of nitrogens with one attached hydrogen (secondary N) is 1. The number of carboxylic acid groups (broad SMARTS) is 1. The number of aromatic nitrogens is 2. The Kier molecular flexibility index (Phi) is 6.50. The largest absolute Gasteiger partial charge is 0.480 e. The van der Waals surface area contributed by atoms with E-state index in [-0.39, 0.29) is 11.7 Å². The summed E-state index contributed by atoms with van der Waals surface area (Å²) in [5.74, 6) is 0.827. The predicted octanol–water partition coefficient (Wildman–Crippen LogP) is 1.09. The van der Waals surface area contributed by atoms with E-state index >= 15 is 0 Å². The number of nitrogens with zero attached hydrogens (tertiary/aromatic N) is 2. The molecule has 0 aliphatic rings. The van der Waals surface area contributed by atoms with Crippen molar-refractivity contribution in [1.82, 2.24) is 15.5 Å². The van der Waals surface area contributed by atoms with Gasteiger partial charge in [-0.2, -0.15) is 4.98 Å². The molecule has 1 aromatic heterocycles. The Hall–Kier alpha value is -1.57. The summed E-state index contributed by atoms with van der Waals surface area (Å²) in [6, 6.07) is -0.907. The number of aliphatic carboxylic acids is 1. The van der Waals surface area contributed by atoms with Crippen molar-refractivity contribution in [2.24, 2.45) is 5.92 Å². The van der Waals surface area contributed by atoms with Crippen LogP contribution in [0.1, 0.15) is 32.5 Å². The Bertz CT molecular complexity index is 461. The summed E-state index contributed by atoms with van der Waals surface area (Å²) in [7, 11) is 0. The molecule has 7 nitrogen and oxygen atoms in total. The monoisotopic (exact) mass is 301 g/mol. The fourth-order valence-corrected chi connectivity index (χ4v) is 2.35. The first-order valence-electron chi connectivity index (χ1n) is 6.27. The summed E-state index contributed by atoms with van der Waals surface area (Å²) < 4.78 is 5.07. The average Bonchev–Trinajstić information content (AvgIpc) is 2.73. The molecule has 1 unspecified atom stereocenters. The molecule has 0 aliphatic carbocycles. The molecule has 1 rings (SSSR count). The molecular formula is C12H19N3O4S. The summed E-state index contributed by atoms with van der Waals surface area (Å²) >= 11 is 1.33. The lowest BCUT2D eigenvalue weighted by Gasteiger charge is -2.11. The van der Waals surface area contributed by atoms with Crippen molar-refractivity contribution in [2.45, 2.75) is 39.0 Å². The van der Waals surface area contributed by atoms with Crippen molar-refractivity contribution < 1.29 is 19.2 Å². The van der Waals surface area contributed by atoms with E-state index in [1.165, 1.54) is 18.7 Å². The second-order valence-corrected chi connectivity index (χ2v) is 5.84. The van der Waals surface area contributed by atoms with Crippen LogP contribution in [0.2, 0.25) is 0 Å². The van der Waals surface area contributed by atoms with Gasteiger partial charge in [0.2, 0.25) is 11.8 Å². The standard InChI is InChI=1S/C12H19N3O4S/c1-7(2)4-10-14-11(19-15-10)6-20-5-9(12(17)18)13-8(3)16/h7,9H,4-6H2,1-3H3,(H,13,16)(H,17,18). The van der Waals surface area contributed by atoms with Crippen LogP contribution in [0.3, 0.4) is 0 Å². The minimum Gasteiger partial charge on any atom is -0.480 e. The van der Waals surface area contributed by atoms with E-state index in [4.69, 9.17) is 9.63 Å². The molecule has 112 valence electrons. The summed E-state index contributed by atoms with van der Waals surface area (Å²) in [5.41, 5.74) is 0. The van der Waals surface area contributed by atoms with Crippen LogP contribution in [0.15, 0.2) is 4.52 Å². The molecule has 0 saturated carbocycles. The fraction of sp³-hybridized carbons (Fsp3) is 0.667. The van der Waals surface area contributed by atoms with E-state index < -0.39 is 12.0 Å². The van der Waals surface area contributed by atoms with Crippen LogP contribution in [0, 0.1) is 5.92 Å². The molecule has 8 heteroatoms. The summed E-state index contributed by atoms with van der Waals surface area (Å²) in [5, 5.41) is 15.2. The Balaban J connectivity index is 2.40. The SMILES string of the molecule is CC(=O)NC(CSCc1nc(CC(C)C)no1)C(=O)O. The van der Waals surface area contributed by atoms with Crippen LogP contribution >= 0.6 is 11.8 Å². The van der Waals surface area contributed by atoms with Crippen molar-refractivity contribution in [3.05, 3.63) is 11.7 Å². The van der Waals surface area contributed by atoms with Gasteiger partial charge in [0.05, 0.1) is 5.75 Å². The normalized spacial score (nSPS) is 12.4. The van der Waals surface area contributed by atoms with Crippen molar-refractivity contribution >= 4 is 23.6 Å². The van der Waals surface area contributed by atoms with Crippen LogP contribution in [0.25, 0.3) is 0 Å². The number of carboxylic acids is 1. The van der Waals surface area contributed by atoms with E-state index in [2.05, 4.69) is 29.3 Å². The number of amides is 1. The molecule has 0 radical (unpaired) electrons. The van der Waals surface area contributed by atoms with Gasteiger partial charge in [0, 0.05) is 19.1 Å². The topological polar surface area (TPSA) is 105 Å². The molecule has 1 amide bonds. The van der Waals surface area contributed by atoms with E-state index in [0.717, 1.165) is 6.42 Å². The molecule has 0 saturated heterocycles. The first-order valence-corrected chi connectivity index (χ1v) is 7.43. The summed E-state index contributed by atoms with van der Waals surface area (Å²) in [4.78, 5) is 26.0. The Morgan fingerprint density at radius 3 is 2.70 bits per heavy atom. The third-order valence-electron chi connectivity index (χ3n) is 2.29. The summed E-state index contributed by atoms with van der Waals surface area (Å²) in [6.07, 6.45) is 0.748.